The molecule has 2 aromatic rings. The van der Waals surface area contributed by atoms with Crippen LogP contribution < -0.4 is 5.32 Å². The summed E-state index contributed by atoms with van der Waals surface area (Å²) >= 11 is 7.83. The van der Waals surface area contributed by atoms with Gasteiger partial charge in [0, 0.05) is 28.0 Å². The quantitative estimate of drug-likeness (QED) is 0.890. The van der Waals surface area contributed by atoms with Gasteiger partial charge in [-0.1, -0.05) is 30.7 Å². The van der Waals surface area contributed by atoms with Gasteiger partial charge in [-0.2, -0.15) is 0 Å². The fourth-order valence-corrected chi connectivity index (χ4v) is 3.35. The van der Waals surface area contributed by atoms with Gasteiger partial charge >= 0.3 is 0 Å². The molecule has 1 heterocycles. The molecule has 1 saturated carbocycles. The van der Waals surface area contributed by atoms with Crippen molar-refractivity contribution in [3.63, 3.8) is 0 Å². The molecule has 3 rings (SSSR count). The highest BCUT2D eigenvalue weighted by Gasteiger charge is 2.21. The van der Waals surface area contributed by atoms with E-state index < -0.39 is 0 Å². The molecule has 0 unspecified atom stereocenters. The van der Waals surface area contributed by atoms with Crippen LogP contribution in [0.3, 0.4) is 0 Å². The third-order valence-electron chi connectivity index (χ3n) is 3.31. The monoisotopic (exact) mass is 292 g/mol. The van der Waals surface area contributed by atoms with Crippen LogP contribution >= 0.6 is 22.9 Å². The zero-order chi connectivity index (χ0) is 13.2. The Morgan fingerprint density at radius 3 is 2.95 bits per heavy atom. The lowest BCUT2D eigenvalue weighted by molar-refractivity contribution is 0.689. The van der Waals surface area contributed by atoms with Gasteiger partial charge in [-0.15, -0.1) is 11.3 Å². The maximum Gasteiger partial charge on any atom is 0.123 e. The molecule has 1 N–H and O–H groups in total. The smallest absolute Gasteiger partial charge is 0.123 e. The zero-order valence-corrected chi connectivity index (χ0v) is 12.5. The third kappa shape index (κ3) is 3.16. The van der Waals surface area contributed by atoms with Gasteiger partial charge in [-0.05, 0) is 31.4 Å². The van der Waals surface area contributed by atoms with E-state index in [0.29, 0.717) is 0 Å². The predicted octanol–water partition coefficient (Wildman–Crippen LogP) is 4.28. The first-order valence-corrected chi connectivity index (χ1v) is 7.93. The molecule has 0 spiro atoms. The lowest BCUT2D eigenvalue weighted by Gasteiger charge is -2.00. The average molecular weight is 293 g/mol. The Balaban J connectivity index is 1.85. The largest absolute Gasteiger partial charge is 0.309 e. The number of halogens is 1. The molecule has 2 nitrogen and oxygen atoms in total. The molecule has 1 fully saturated rings. The van der Waals surface area contributed by atoms with Gasteiger partial charge in [-0.25, -0.2) is 4.98 Å². The second-order valence-electron chi connectivity index (χ2n) is 4.91. The fourth-order valence-electron chi connectivity index (χ4n) is 2.07. The third-order valence-corrected chi connectivity index (χ3v) is 4.70. The van der Waals surface area contributed by atoms with Gasteiger partial charge in [0.25, 0.3) is 0 Å². The molecule has 0 atom stereocenters. The first-order valence-electron chi connectivity index (χ1n) is 6.74. The normalized spacial score (nSPS) is 14.8. The van der Waals surface area contributed by atoms with Crippen LogP contribution in [0.5, 0.6) is 0 Å². The summed E-state index contributed by atoms with van der Waals surface area (Å²) in [6.45, 7) is 3.11. The number of thiazole rings is 1. The van der Waals surface area contributed by atoms with Crippen molar-refractivity contribution in [2.45, 2.75) is 38.8 Å². The van der Waals surface area contributed by atoms with E-state index in [2.05, 4.69) is 18.3 Å². The second kappa shape index (κ2) is 5.61. The number of hydrogen-bond donors (Lipinski definition) is 1. The molecule has 0 bridgehead atoms. The Bertz CT molecular complexity index is 575. The van der Waals surface area contributed by atoms with E-state index in [4.69, 9.17) is 16.6 Å². The number of benzene rings is 1. The lowest BCUT2D eigenvalue weighted by Crippen LogP contribution is -2.15. The average Bonchev–Trinajstić information content (AvgIpc) is 3.15. The summed E-state index contributed by atoms with van der Waals surface area (Å²) < 4.78 is 0. The number of hydrogen-bond acceptors (Lipinski definition) is 3. The van der Waals surface area contributed by atoms with Gasteiger partial charge in [0.05, 0.1) is 5.69 Å². The van der Waals surface area contributed by atoms with Crippen LogP contribution in [0.15, 0.2) is 24.3 Å². The van der Waals surface area contributed by atoms with E-state index in [1.807, 2.05) is 18.2 Å². The van der Waals surface area contributed by atoms with Gasteiger partial charge in [0.15, 0.2) is 0 Å². The number of aryl methyl sites for hydroxylation is 1. The molecule has 4 heteroatoms. The molecule has 19 heavy (non-hydrogen) atoms. The van der Waals surface area contributed by atoms with Crippen molar-refractivity contribution in [3.05, 3.63) is 39.9 Å². The Morgan fingerprint density at radius 1 is 1.42 bits per heavy atom. The van der Waals surface area contributed by atoms with Crippen molar-refractivity contribution in [1.29, 1.82) is 0 Å². The van der Waals surface area contributed by atoms with Crippen LogP contribution in [0, 0.1) is 0 Å². The first kappa shape index (κ1) is 13.1. The van der Waals surface area contributed by atoms with Crippen LogP contribution in [-0.2, 0) is 13.0 Å². The number of aromatic nitrogens is 1. The van der Waals surface area contributed by atoms with E-state index in [9.17, 15) is 0 Å². The lowest BCUT2D eigenvalue weighted by atomic mass is 10.2. The maximum absolute atomic E-state index is 6.05. The number of rotatable bonds is 5. The molecule has 0 aliphatic heterocycles. The summed E-state index contributed by atoms with van der Waals surface area (Å²) in [7, 11) is 0. The molecular weight excluding hydrogens is 276 g/mol. The topological polar surface area (TPSA) is 24.9 Å². The molecule has 1 aliphatic rings. The van der Waals surface area contributed by atoms with E-state index >= 15 is 0 Å². The van der Waals surface area contributed by atoms with Crippen LogP contribution in [0.4, 0.5) is 0 Å². The van der Waals surface area contributed by atoms with Crippen molar-refractivity contribution in [1.82, 2.24) is 10.3 Å². The Morgan fingerprint density at radius 2 is 2.26 bits per heavy atom. The van der Waals surface area contributed by atoms with Gasteiger partial charge in [-0.3, -0.25) is 0 Å². The van der Waals surface area contributed by atoms with Crippen LogP contribution in [-0.4, -0.2) is 11.0 Å². The zero-order valence-electron chi connectivity index (χ0n) is 10.9. The standard InChI is InChI=1S/C15H17ClN2S/c1-2-13-14(9-17-12-6-7-12)19-15(18-13)10-4-3-5-11(16)8-10/h3-5,8,12,17H,2,6-7,9H2,1H3. The first-order chi connectivity index (χ1) is 9.26. The Kier molecular flexibility index (Phi) is 3.87. The summed E-state index contributed by atoms with van der Waals surface area (Å²) in [6.07, 6.45) is 3.63. The SMILES string of the molecule is CCc1nc(-c2cccc(Cl)c2)sc1CNC1CC1. The molecule has 0 saturated heterocycles. The van der Waals surface area contributed by atoms with Crippen LogP contribution in [0.1, 0.15) is 30.3 Å². The maximum atomic E-state index is 6.05. The highest BCUT2D eigenvalue weighted by atomic mass is 35.5. The highest BCUT2D eigenvalue weighted by Crippen LogP contribution is 2.30. The second-order valence-corrected chi connectivity index (χ2v) is 6.43. The van der Waals surface area contributed by atoms with Gasteiger partial charge in [0.1, 0.15) is 5.01 Å². The van der Waals surface area contributed by atoms with E-state index in [1.165, 1.54) is 23.4 Å². The summed E-state index contributed by atoms with van der Waals surface area (Å²) in [5.41, 5.74) is 2.33. The van der Waals surface area contributed by atoms with Crippen molar-refractivity contribution >= 4 is 22.9 Å². The highest BCUT2D eigenvalue weighted by molar-refractivity contribution is 7.15. The van der Waals surface area contributed by atoms with E-state index in [0.717, 1.165) is 34.6 Å². The molecule has 1 aromatic heterocycles. The summed E-state index contributed by atoms with van der Waals surface area (Å²) in [6, 6.07) is 8.67. The molecule has 0 radical (unpaired) electrons. The Hall–Kier alpha value is -0.900. The van der Waals surface area contributed by atoms with Crippen molar-refractivity contribution in [2.24, 2.45) is 0 Å². The minimum atomic E-state index is 0.737. The van der Waals surface area contributed by atoms with Crippen molar-refractivity contribution < 1.29 is 0 Å². The molecule has 0 amide bonds. The summed E-state index contributed by atoms with van der Waals surface area (Å²) in [4.78, 5) is 6.12. The molecule has 100 valence electrons. The number of nitrogens with one attached hydrogen (secondary N) is 1. The van der Waals surface area contributed by atoms with Gasteiger partial charge < -0.3 is 5.32 Å². The van der Waals surface area contributed by atoms with E-state index in [-0.39, 0.29) is 0 Å². The minimum Gasteiger partial charge on any atom is -0.309 e. The molecular formula is C15H17ClN2S. The fraction of sp³-hybridized carbons (Fsp3) is 0.400. The van der Waals surface area contributed by atoms with Crippen molar-refractivity contribution in [2.75, 3.05) is 0 Å². The summed E-state index contributed by atoms with van der Waals surface area (Å²) in [5, 5.41) is 5.41. The number of nitrogens with zero attached hydrogens (tertiary/aromatic N) is 1. The Labute approximate surface area is 122 Å². The minimum absolute atomic E-state index is 0.737. The molecule has 1 aromatic carbocycles. The van der Waals surface area contributed by atoms with Crippen LogP contribution in [0.25, 0.3) is 10.6 Å². The predicted molar refractivity (Wildman–Crippen MR) is 81.8 cm³/mol. The summed E-state index contributed by atoms with van der Waals surface area (Å²) in [5.74, 6) is 0. The van der Waals surface area contributed by atoms with Gasteiger partial charge in [0.2, 0.25) is 0 Å². The molecule has 1 aliphatic carbocycles. The van der Waals surface area contributed by atoms with Crippen molar-refractivity contribution in [3.8, 4) is 10.6 Å². The van der Waals surface area contributed by atoms with E-state index in [1.54, 1.807) is 11.3 Å². The van der Waals surface area contributed by atoms with Crippen LogP contribution in [0.2, 0.25) is 5.02 Å².